The molecule has 2 aromatic carbocycles. The Hall–Kier alpha value is -2.88. The number of nitrogens with one attached hydrogen (secondary N) is 2. The van der Waals surface area contributed by atoms with Gasteiger partial charge >= 0.3 is 6.03 Å². The molecule has 2 aromatic rings. The molecule has 3 rings (SSSR count). The molecule has 0 aliphatic carbocycles. The van der Waals surface area contributed by atoms with Crippen LogP contribution in [0.2, 0.25) is 0 Å². The molecular formula is C21H23N3O. The van der Waals surface area contributed by atoms with E-state index >= 15 is 0 Å². The van der Waals surface area contributed by atoms with Gasteiger partial charge in [-0.15, -0.1) is 0 Å². The number of allylic oxidation sites excluding steroid dienone is 1. The monoisotopic (exact) mass is 333 g/mol. The molecule has 25 heavy (non-hydrogen) atoms. The molecular weight excluding hydrogens is 310 g/mol. The minimum absolute atomic E-state index is 0.161. The molecule has 4 heteroatoms. The highest BCUT2D eigenvalue weighted by atomic mass is 16.2. The van der Waals surface area contributed by atoms with Gasteiger partial charge in [0.05, 0.1) is 0 Å². The quantitative estimate of drug-likeness (QED) is 0.876. The van der Waals surface area contributed by atoms with Crippen LogP contribution in [0.5, 0.6) is 0 Å². The van der Waals surface area contributed by atoms with Crippen LogP contribution in [0.3, 0.4) is 0 Å². The number of hydrogen-bond donors (Lipinski definition) is 2. The minimum Gasteiger partial charge on any atom is -0.341 e. The average molecular weight is 333 g/mol. The lowest BCUT2D eigenvalue weighted by Crippen LogP contribution is -2.34. The van der Waals surface area contributed by atoms with Crippen LogP contribution in [0.4, 0.5) is 4.79 Å². The molecule has 0 fully saturated rings. The lowest BCUT2D eigenvalue weighted by Gasteiger charge is -2.20. The number of rotatable bonds is 4. The lowest BCUT2D eigenvalue weighted by molar-refractivity contribution is 0.243. The zero-order valence-corrected chi connectivity index (χ0v) is 14.7. The first-order chi connectivity index (χ1) is 12.2. The number of benzene rings is 2. The van der Waals surface area contributed by atoms with E-state index < -0.39 is 0 Å². The highest BCUT2D eigenvalue weighted by Crippen LogP contribution is 2.28. The van der Waals surface area contributed by atoms with E-state index in [4.69, 9.17) is 0 Å². The summed E-state index contributed by atoms with van der Waals surface area (Å²) in [5, 5.41) is 5.49. The minimum atomic E-state index is -0.161. The molecule has 0 spiro atoms. The summed E-state index contributed by atoms with van der Waals surface area (Å²) < 4.78 is 0. The molecule has 0 saturated carbocycles. The number of aliphatic imine (C=N–C) groups is 1. The summed E-state index contributed by atoms with van der Waals surface area (Å²) >= 11 is 0. The van der Waals surface area contributed by atoms with Crippen LogP contribution < -0.4 is 10.6 Å². The van der Waals surface area contributed by atoms with E-state index in [0.29, 0.717) is 6.54 Å². The van der Waals surface area contributed by atoms with Crippen LogP contribution in [0, 0.1) is 0 Å². The Kier molecular flexibility index (Phi) is 5.29. The molecule has 0 aromatic heterocycles. The first-order valence-corrected chi connectivity index (χ1v) is 8.54. The Morgan fingerprint density at radius 1 is 1.00 bits per heavy atom. The van der Waals surface area contributed by atoms with Crippen LogP contribution in [0.1, 0.15) is 18.9 Å². The summed E-state index contributed by atoms with van der Waals surface area (Å²) in [6, 6.07) is 18.7. The maximum atomic E-state index is 11.5. The molecule has 0 atom stereocenters. The average Bonchev–Trinajstić information content (AvgIpc) is 2.67. The maximum absolute atomic E-state index is 11.5. The molecule has 2 N–H and O–H groups in total. The molecule has 1 heterocycles. The van der Waals surface area contributed by atoms with Crippen molar-refractivity contribution < 1.29 is 4.79 Å². The Labute approximate surface area is 148 Å². The number of amides is 2. The van der Waals surface area contributed by atoms with Gasteiger partial charge in [-0.25, -0.2) is 4.79 Å². The Morgan fingerprint density at radius 3 is 2.32 bits per heavy atom. The molecule has 128 valence electrons. The van der Waals surface area contributed by atoms with Crippen molar-refractivity contribution >= 4 is 17.3 Å². The molecule has 1 aliphatic rings. The first-order valence-electron chi connectivity index (χ1n) is 8.54. The molecule has 4 nitrogen and oxygen atoms in total. The van der Waals surface area contributed by atoms with Crippen LogP contribution in [-0.4, -0.2) is 31.9 Å². The smallest absolute Gasteiger partial charge is 0.314 e. The fourth-order valence-corrected chi connectivity index (χ4v) is 3.14. The zero-order chi connectivity index (χ0) is 17.6. The van der Waals surface area contributed by atoms with E-state index in [1.807, 2.05) is 25.1 Å². The van der Waals surface area contributed by atoms with E-state index in [-0.39, 0.29) is 6.03 Å². The highest BCUT2D eigenvalue weighted by Gasteiger charge is 2.17. The van der Waals surface area contributed by atoms with Crippen molar-refractivity contribution in [1.82, 2.24) is 10.6 Å². The second-order valence-corrected chi connectivity index (χ2v) is 6.07. The molecule has 0 radical (unpaired) electrons. The standard InChI is InChI=1S/C21H23N3O/c1-15-20(19(12-13-23-15)14-24-21(25)22-2)18-10-8-17(9-11-18)16-6-4-3-5-7-16/h3-11H,12-14H2,1-2H3,(H2,22,24,25). The summed E-state index contributed by atoms with van der Waals surface area (Å²) in [6.45, 7) is 3.37. The summed E-state index contributed by atoms with van der Waals surface area (Å²) in [7, 11) is 1.63. The molecule has 2 amide bonds. The van der Waals surface area contributed by atoms with E-state index in [0.717, 1.165) is 29.8 Å². The lowest BCUT2D eigenvalue weighted by atomic mass is 9.91. The number of carbonyl (C=O) groups excluding carboxylic acids is 1. The fraction of sp³-hybridized carbons (Fsp3) is 0.238. The van der Waals surface area contributed by atoms with Crippen molar-refractivity contribution in [2.24, 2.45) is 4.99 Å². The van der Waals surface area contributed by atoms with E-state index in [9.17, 15) is 4.79 Å². The predicted octanol–water partition coefficient (Wildman–Crippen LogP) is 3.90. The Balaban J connectivity index is 1.89. The molecule has 0 saturated heterocycles. The Morgan fingerprint density at radius 2 is 1.64 bits per heavy atom. The summed E-state index contributed by atoms with van der Waals surface area (Å²) in [6.07, 6.45) is 0.872. The van der Waals surface area contributed by atoms with Crippen LogP contribution >= 0.6 is 0 Å². The van der Waals surface area contributed by atoms with Gasteiger partial charge in [-0.3, -0.25) is 4.99 Å². The SMILES string of the molecule is CNC(=O)NCC1=C(c2ccc(-c3ccccc3)cc2)C(C)=NCC1. The second-order valence-electron chi connectivity index (χ2n) is 6.07. The first kappa shape index (κ1) is 17.0. The molecule has 0 bridgehead atoms. The maximum Gasteiger partial charge on any atom is 0.314 e. The van der Waals surface area contributed by atoms with Crippen LogP contribution in [-0.2, 0) is 0 Å². The molecule has 1 aliphatic heterocycles. The van der Waals surface area contributed by atoms with Crippen LogP contribution in [0.15, 0.2) is 65.2 Å². The Bertz CT molecular complexity index is 805. The van der Waals surface area contributed by atoms with Gasteiger partial charge in [0, 0.05) is 31.4 Å². The van der Waals surface area contributed by atoms with Gasteiger partial charge in [0.25, 0.3) is 0 Å². The third kappa shape index (κ3) is 3.97. The zero-order valence-electron chi connectivity index (χ0n) is 14.7. The normalized spacial score (nSPS) is 14.1. The van der Waals surface area contributed by atoms with Gasteiger partial charge in [0.15, 0.2) is 0 Å². The topological polar surface area (TPSA) is 53.5 Å². The van der Waals surface area contributed by atoms with Crippen LogP contribution in [0.25, 0.3) is 16.7 Å². The summed E-state index contributed by atoms with van der Waals surface area (Å²) in [4.78, 5) is 16.1. The predicted molar refractivity (Wildman–Crippen MR) is 104 cm³/mol. The van der Waals surface area contributed by atoms with Crippen molar-refractivity contribution in [2.45, 2.75) is 13.3 Å². The van der Waals surface area contributed by atoms with Gasteiger partial charge < -0.3 is 10.6 Å². The van der Waals surface area contributed by atoms with E-state index in [1.54, 1.807) is 7.05 Å². The number of nitrogens with zero attached hydrogens (tertiary/aromatic N) is 1. The van der Waals surface area contributed by atoms with Crippen molar-refractivity contribution in [3.8, 4) is 11.1 Å². The van der Waals surface area contributed by atoms with Crippen molar-refractivity contribution in [1.29, 1.82) is 0 Å². The highest BCUT2D eigenvalue weighted by molar-refractivity contribution is 6.24. The van der Waals surface area contributed by atoms with Crippen molar-refractivity contribution in [3.63, 3.8) is 0 Å². The van der Waals surface area contributed by atoms with Gasteiger partial charge in [0.1, 0.15) is 0 Å². The molecule has 0 unspecified atom stereocenters. The number of urea groups is 1. The second kappa shape index (κ2) is 7.79. The van der Waals surface area contributed by atoms with Gasteiger partial charge in [-0.05, 0) is 35.6 Å². The number of dihydropyridines is 1. The third-order valence-corrected chi connectivity index (χ3v) is 4.45. The number of hydrogen-bond acceptors (Lipinski definition) is 2. The largest absolute Gasteiger partial charge is 0.341 e. The van der Waals surface area contributed by atoms with Crippen molar-refractivity contribution in [2.75, 3.05) is 20.1 Å². The fourth-order valence-electron chi connectivity index (χ4n) is 3.14. The third-order valence-electron chi connectivity index (χ3n) is 4.45. The summed E-state index contributed by atoms with van der Waals surface area (Å²) in [5.74, 6) is 0. The van der Waals surface area contributed by atoms with Gasteiger partial charge in [-0.2, -0.15) is 0 Å². The van der Waals surface area contributed by atoms with Crippen molar-refractivity contribution in [3.05, 3.63) is 65.7 Å². The van der Waals surface area contributed by atoms with Gasteiger partial charge in [-0.1, -0.05) is 54.6 Å². The summed E-state index contributed by atoms with van der Waals surface area (Å²) in [5.41, 5.74) is 6.96. The number of carbonyl (C=O) groups is 1. The van der Waals surface area contributed by atoms with Gasteiger partial charge in [0.2, 0.25) is 0 Å². The van der Waals surface area contributed by atoms with E-state index in [2.05, 4.69) is 52.0 Å². The van der Waals surface area contributed by atoms with E-state index in [1.165, 1.54) is 16.7 Å².